The number of halogens is 5. The second kappa shape index (κ2) is 8.87. The highest BCUT2D eigenvalue weighted by atomic mass is 19.4. The van der Waals surface area contributed by atoms with E-state index in [1.165, 1.54) is 33.9 Å². The minimum atomic E-state index is -5.11. The van der Waals surface area contributed by atoms with Crippen molar-refractivity contribution in [2.45, 2.75) is 18.4 Å². The highest BCUT2D eigenvalue weighted by Crippen LogP contribution is 2.37. The number of ether oxygens (including phenoxy) is 2. The Bertz CT molecular complexity index is 1690. The van der Waals surface area contributed by atoms with Crippen molar-refractivity contribution in [2.24, 2.45) is 0 Å². The van der Waals surface area contributed by atoms with Gasteiger partial charge in [-0.05, 0) is 18.2 Å². The first-order valence-electron chi connectivity index (χ1n) is 10.7. The van der Waals surface area contributed by atoms with Crippen molar-refractivity contribution in [2.75, 3.05) is 18.0 Å². The zero-order valence-corrected chi connectivity index (χ0v) is 18.8. The van der Waals surface area contributed by atoms with E-state index in [1.54, 1.807) is 0 Å². The number of H-pyrrole nitrogens is 2. The first-order chi connectivity index (χ1) is 17.9. The van der Waals surface area contributed by atoms with E-state index in [0.717, 1.165) is 18.3 Å². The minimum Gasteiger partial charge on any atom is -0.482 e. The van der Waals surface area contributed by atoms with E-state index >= 15 is 8.78 Å². The number of aromatic nitrogens is 5. The number of hydrogen-bond donors (Lipinski definition) is 2. The maximum atomic E-state index is 15.0. The first-order valence-corrected chi connectivity index (χ1v) is 10.7. The molecule has 38 heavy (non-hydrogen) atoms. The van der Waals surface area contributed by atoms with Gasteiger partial charge in [0.25, 0.3) is 5.56 Å². The van der Waals surface area contributed by atoms with Crippen molar-refractivity contribution >= 4 is 11.3 Å². The van der Waals surface area contributed by atoms with E-state index in [4.69, 9.17) is 10.00 Å². The molecule has 0 aliphatic carbocycles. The number of benzene rings is 1. The molecule has 0 spiro atoms. The van der Waals surface area contributed by atoms with Gasteiger partial charge in [0.1, 0.15) is 17.5 Å². The molecule has 0 saturated carbocycles. The molecule has 2 N–H and O–H groups in total. The minimum absolute atomic E-state index is 0.0324. The highest BCUT2D eigenvalue weighted by Gasteiger charge is 2.51. The number of nitrogens with one attached hydrogen (secondary N) is 2. The molecule has 0 radical (unpaired) electrons. The fourth-order valence-corrected chi connectivity index (χ4v) is 3.97. The lowest BCUT2D eigenvalue weighted by Crippen LogP contribution is -2.36. The lowest BCUT2D eigenvalue weighted by Gasteiger charge is -2.20. The molecule has 4 heterocycles. The molecule has 1 aliphatic heterocycles. The number of alkyl halides is 5. The summed E-state index contributed by atoms with van der Waals surface area (Å²) in [5.74, 6) is -4.72. The van der Waals surface area contributed by atoms with Crippen molar-refractivity contribution in [3.63, 3.8) is 0 Å². The third-order valence-corrected chi connectivity index (χ3v) is 5.61. The lowest BCUT2D eigenvalue weighted by molar-refractivity contribution is -0.274. The monoisotopic (exact) mass is 535 g/mol. The normalized spacial score (nSPS) is 16.9. The molecule has 1 atom stereocenters. The van der Waals surface area contributed by atoms with Crippen LogP contribution >= 0.6 is 0 Å². The van der Waals surface area contributed by atoms with Crippen LogP contribution in [0.15, 0.2) is 52.4 Å². The van der Waals surface area contributed by atoms with E-state index in [2.05, 4.69) is 24.8 Å². The van der Waals surface area contributed by atoms with Gasteiger partial charge in [-0.25, -0.2) is 23.1 Å². The summed E-state index contributed by atoms with van der Waals surface area (Å²) >= 11 is 0. The smallest absolute Gasteiger partial charge is 0.482 e. The molecule has 1 fully saturated rings. The predicted octanol–water partition coefficient (Wildman–Crippen LogP) is 2.45. The molecular weight excluding hydrogens is 521 g/mol. The summed E-state index contributed by atoms with van der Waals surface area (Å²) in [7, 11) is 0. The molecule has 1 aliphatic rings. The van der Waals surface area contributed by atoms with Crippen LogP contribution in [0.25, 0.3) is 16.9 Å². The summed E-state index contributed by atoms with van der Waals surface area (Å²) < 4.78 is 78.6. The topological polar surface area (TPSA) is 141 Å². The number of nitriles is 1. The van der Waals surface area contributed by atoms with Gasteiger partial charge in [-0.2, -0.15) is 10.4 Å². The van der Waals surface area contributed by atoms with E-state index < -0.39 is 54.0 Å². The van der Waals surface area contributed by atoms with Crippen molar-refractivity contribution < 1.29 is 31.4 Å². The fourth-order valence-electron chi connectivity index (χ4n) is 3.97. The Morgan fingerprint density at radius 2 is 2.00 bits per heavy atom. The van der Waals surface area contributed by atoms with Crippen LogP contribution in [0, 0.1) is 11.3 Å². The van der Waals surface area contributed by atoms with Gasteiger partial charge in [0.15, 0.2) is 17.5 Å². The SMILES string of the molecule is N#Cc1ccc(O[C@H]2CN(c3cc(-c4c[nH]c(=O)[nH]c4=O)nn4ccnc34)CC2(F)F)cc1OC(F)(F)F. The van der Waals surface area contributed by atoms with Crippen LogP contribution in [-0.4, -0.2) is 56.0 Å². The maximum absolute atomic E-state index is 15.0. The van der Waals surface area contributed by atoms with Gasteiger partial charge in [0, 0.05) is 24.7 Å². The molecule has 0 amide bonds. The quantitative estimate of drug-likeness (QED) is 0.372. The number of imidazole rings is 1. The Morgan fingerprint density at radius 1 is 1.21 bits per heavy atom. The molecule has 1 aromatic carbocycles. The second-order valence-electron chi connectivity index (χ2n) is 8.16. The molecule has 196 valence electrons. The average molecular weight is 535 g/mol. The summed E-state index contributed by atoms with van der Waals surface area (Å²) in [6.45, 7) is -1.27. The van der Waals surface area contributed by atoms with E-state index in [9.17, 15) is 22.8 Å². The summed E-state index contributed by atoms with van der Waals surface area (Å²) in [6.07, 6.45) is -2.99. The van der Waals surface area contributed by atoms with Gasteiger partial charge in [-0.3, -0.25) is 9.78 Å². The third kappa shape index (κ3) is 4.73. The molecule has 3 aromatic heterocycles. The van der Waals surface area contributed by atoms with Gasteiger partial charge in [0.05, 0.1) is 29.9 Å². The molecule has 4 aromatic rings. The molecular formula is C22H14F5N7O4. The standard InChI is InChI=1S/C22H14F5N7O4/c23-21(24)10-33(9-17(21)37-12-2-1-11(7-28)16(5-12)38-22(25,26)27)15-6-14(32-34-4-3-29-18(15)34)13-8-30-20(36)31-19(13)35/h1-6,8,17H,9-10H2,(H2,30,31,35,36)/t17-/m0/s1. The van der Waals surface area contributed by atoms with Crippen molar-refractivity contribution in [1.82, 2.24) is 24.6 Å². The Morgan fingerprint density at radius 3 is 2.71 bits per heavy atom. The third-order valence-electron chi connectivity index (χ3n) is 5.61. The summed E-state index contributed by atoms with van der Waals surface area (Å²) in [6, 6.07) is 5.64. The van der Waals surface area contributed by atoms with Crippen molar-refractivity contribution in [3.8, 4) is 28.8 Å². The van der Waals surface area contributed by atoms with E-state index in [1.807, 2.05) is 0 Å². The number of nitrogens with zero attached hydrogens (tertiary/aromatic N) is 5. The van der Waals surface area contributed by atoms with Crippen LogP contribution in [-0.2, 0) is 0 Å². The lowest BCUT2D eigenvalue weighted by atomic mass is 10.2. The van der Waals surface area contributed by atoms with E-state index in [0.29, 0.717) is 6.07 Å². The second-order valence-corrected chi connectivity index (χ2v) is 8.16. The van der Waals surface area contributed by atoms with Crippen LogP contribution in [0.1, 0.15) is 5.56 Å². The Balaban J connectivity index is 1.48. The predicted molar refractivity (Wildman–Crippen MR) is 119 cm³/mol. The van der Waals surface area contributed by atoms with Gasteiger partial charge < -0.3 is 19.4 Å². The fraction of sp³-hybridized carbons (Fsp3) is 0.227. The number of anilines is 1. The van der Waals surface area contributed by atoms with Crippen LogP contribution in [0.4, 0.5) is 27.6 Å². The molecule has 1 saturated heterocycles. The maximum Gasteiger partial charge on any atom is 0.573 e. The summed E-state index contributed by atoms with van der Waals surface area (Å²) in [5, 5.41) is 13.3. The number of rotatable bonds is 5. The van der Waals surface area contributed by atoms with Crippen LogP contribution in [0.5, 0.6) is 11.5 Å². The Kier molecular flexibility index (Phi) is 5.77. The van der Waals surface area contributed by atoms with Crippen molar-refractivity contribution in [1.29, 1.82) is 5.26 Å². The van der Waals surface area contributed by atoms with Gasteiger partial charge in [0.2, 0.25) is 0 Å². The first kappa shape index (κ1) is 24.7. The Hall–Kier alpha value is -4.94. The zero-order chi connectivity index (χ0) is 27.2. The average Bonchev–Trinajstić information content (AvgIpc) is 3.41. The van der Waals surface area contributed by atoms with Crippen LogP contribution in [0.2, 0.25) is 0 Å². The summed E-state index contributed by atoms with van der Waals surface area (Å²) in [4.78, 5) is 33.4. The molecule has 5 rings (SSSR count). The molecule has 0 bridgehead atoms. The molecule has 11 nitrogen and oxygen atoms in total. The number of aromatic amines is 2. The van der Waals surface area contributed by atoms with Gasteiger partial charge in [-0.15, -0.1) is 13.2 Å². The summed E-state index contributed by atoms with van der Waals surface area (Å²) in [5.41, 5.74) is -1.59. The molecule has 0 unspecified atom stereocenters. The highest BCUT2D eigenvalue weighted by molar-refractivity contribution is 5.74. The largest absolute Gasteiger partial charge is 0.573 e. The zero-order valence-electron chi connectivity index (χ0n) is 18.8. The van der Waals surface area contributed by atoms with Crippen LogP contribution < -0.4 is 25.6 Å². The number of hydrogen-bond acceptors (Lipinski definition) is 8. The van der Waals surface area contributed by atoms with Gasteiger partial charge >= 0.3 is 18.0 Å². The van der Waals surface area contributed by atoms with Crippen molar-refractivity contribution in [3.05, 3.63) is 69.3 Å². The Labute approximate surface area is 207 Å². The van der Waals surface area contributed by atoms with Gasteiger partial charge in [-0.1, -0.05) is 0 Å². The number of fused-ring (bicyclic) bond motifs is 1. The van der Waals surface area contributed by atoms with E-state index in [-0.39, 0.29) is 28.3 Å². The van der Waals surface area contributed by atoms with Crippen LogP contribution in [0.3, 0.4) is 0 Å². The molecule has 16 heteroatoms.